The molecule has 0 aliphatic heterocycles. The summed E-state index contributed by atoms with van der Waals surface area (Å²) >= 11 is 1.27. The van der Waals surface area contributed by atoms with Crippen LogP contribution in [0.3, 0.4) is 0 Å². The number of nitrogens with zero attached hydrogens (tertiary/aromatic N) is 2. The van der Waals surface area contributed by atoms with E-state index in [0.29, 0.717) is 11.5 Å². The summed E-state index contributed by atoms with van der Waals surface area (Å²) < 4.78 is 14.4. The van der Waals surface area contributed by atoms with Crippen molar-refractivity contribution in [2.24, 2.45) is 5.73 Å². The van der Waals surface area contributed by atoms with Crippen LogP contribution in [0.1, 0.15) is 16.5 Å². The maximum Gasteiger partial charge on any atom is 0.127 e. The maximum atomic E-state index is 6.18. The van der Waals surface area contributed by atoms with E-state index >= 15 is 0 Å². The quantitative estimate of drug-likeness (QED) is 0.893. The van der Waals surface area contributed by atoms with Gasteiger partial charge in [-0.25, -0.2) is 0 Å². The second-order valence-electron chi connectivity index (χ2n) is 3.37. The second-order valence-corrected chi connectivity index (χ2v) is 4.19. The zero-order valence-corrected chi connectivity index (χ0v) is 10.4. The standard InChI is InChI=1S/C11H13N3O2S/c1-15-7-4-3-5-8(16-2)10(7)11(12)9-6-13-14-17-9/h3-6,11H,12H2,1-2H3. The minimum absolute atomic E-state index is 0.346. The number of methoxy groups -OCH3 is 2. The molecule has 5 nitrogen and oxygen atoms in total. The van der Waals surface area contributed by atoms with Crippen LogP contribution in [0.4, 0.5) is 0 Å². The van der Waals surface area contributed by atoms with Crippen molar-refractivity contribution in [2.75, 3.05) is 14.2 Å². The van der Waals surface area contributed by atoms with Crippen molar-refractivity contribution in [3.05, 3.63) is 34.8 Å². The van der Waals surface area contributed by atoms with E-state index in [0.717, 1.165) is 10.4 Å². The smallest absolute Gasteiger partial charge is 0.127 e. The van der Waals surface area contributed by atoms with Gasteiger partial charge in [-0.1, -0.05) is 10.6 Å². The molecule has 17 heavy (non-hydrogen) atoms. The van der Waals surface area contributed by atoms with Crippen LogP contribution in [0.2, 0.25) is 0 Å². The Morgan fingerprint density at radius 2 is 1.88 bits per heavy atom. The van der Waals surface area contributed by atoms with Crippen molar-refractivity contribution < 1.29 is 9.47 Å². The van der Waals surface area contributed by atoms with Crippen LogP contribution in [0.5, 0.6) is 11.5 Å². The first-order valence-corrected chi connectivity index (χ1v) is 5.79. The number of benzene rings is 1. The summed E-state index contributed by atoms with van der Waals surface area (Å²) in [7, 11) is 3.21. The van der Waals surface area contributed by atoms with Gasteiger partial charge in [0.1, 0.15) is 11.5 Å². The highest BCUT2D eigenvalue weighted by Gasteiger charge is 2.20. The average Bonchev–Trinajstić information content (AvgIpc) is 2.90. The fourth-order valence-electron chi connectivity index (χ4n) is 1.64. The molecule has 1 aromatic heterocycles. The van der Waals surface area contributed by atoms with E-state index in [1.165, 1.54) is 11.5 Å². The Balaban J connectivity index is 2.49. The molecule has 0 saturated heterocycles. The molecule has 0 fully saturated rings. The molecule has 0 bridgehead atoms. The third-order valence-corrected chi connectivity index (χ3v) is 3.21. The van der Waals surface area contributed by atoms with Crippen LogP contribution in [0.15, 0.2) is 24.4 Å². The zero-order valence-electron chi connectivity index (χ0n) is 9.58. The van der Waals surface area contributed by atoms with Crippen LogP contribution in [-0.4, -0.2) is 23.8 Å². The molecule has 0 aliphatic carbocycles. The normalized spacial score (nSPS) is 12.2. The van der Waals surface area contributed by atoms with E-state index in [4.69, 9.17) is 15.2 Å². The largest absolute Gasteiger partial charge is 0.496 e. The Morgan fingerprint density at radius 1 is 1.24 bits per heavy atom. The minimum atomic E-state index is -0.346. The summed E-state index contributed by atoms with van der Waals surface area (Å²) in [6, 6.07) is 5.22. The van der Waals surface area contributed by atoms with Crippen molar-refractivity contribution in [3.63, 3.8) is 0 Å². The predicted molar refractivity (Wildman–Crippen MR) is 65.5 cm³/mol. The lowest BCUT2D eigenvalue weighted by atomic mass is 10.0. The Hall–Kier alpha value is -1.66. The highest BCUT2D eigenvalue weighted by atomic mass is 32.1. The minimum Gasteiger partial charge on any atom is -0.496 e. The Morgan fingerprint density at radius 3 is 2.35 bits per heavy atom. The van der Waals surface area contributed by atoms with Gasteiger partial charge < -0.3 is 15.2 Å². The molecule has 0 saturated carbocycles. The number of ether oxygens (including phenoxy) is 2. The van der Waals surface area contributed by atoms with Gasteiger partial charge in [-0.2, -0.15) is 0 Å². The Kier molecular flexibility index (Phi) is 3.55. The van der Waals surface area contributed by atoms with Gasteiger partial charge in [0.2, 0.25) is 0 Å². The van der Waals surface area contributed by atoms with Gasteiger partial charge in [0.05, 0.1) is 36.9 Å². The molecule has 90 valence electrons. The molecule has 0 aliphatic rings. The molecular formula is C11H13N3O2S. The molecule has 2 rings (SSSR count). The van der Waals surface area contributed by atoms with Crippen LogP contribution in [-0.2, 0) is 0 Å². The van der Waals surface area contributed by atoms with Crippen LogP contribution < -0.4 is 15.2 Å². The first kappa shape index (κ1) is 11.8. The van der Waals surface area contributed by atoms with E-state index < -0.39 is 0 Å². The van der Waals surface area contributed by atoms with Crippen molar-refractivity contribution in [1.29, 1.82) is 0 Å². The zero-order chi connectivity index (χ0) is 12.3. The molecule has 1 aromatic carbocycles. The molecule has 0 amide bonds. The van der Waals surface area contributed by atoms with E-state index in [2.05, 4.69) is 9.59 Å². The summed E-state index contributed by atoms with van der Waals surface area (Å²) in [6.07, 6.45) is 1.65. The van der Waals surface area contributed by atoms with Gasteiger partial charge >= 0.3 is 0 Å². The van der Waals surface area contributed by atoms with Crippen molar-refractivity contribution in [3.8, 4) is 11.5 Å². The molecule has 0 radical (unpaired) electrons. The fraction of sp³-hybridized carbons (Fsp3) is 0.273. The lowest BCUT2D eigenvalue weighted by Crippen LogP contribution is -2.13. The van der Waals surface area contributed by atoms with Gasteiger partial charge in [-0.3, -0.25) is 0 Å². The molecule has 1 heterocycles. The fourth-order valence-corrected chi connectivity index (χ4v) is 2.15. The third kappa shape index (κ3) is 2.22. The topological polar surface area (TPSA) is 70.3 Å². The first-order valence-electron chi connectivity index (χ1n) is 5.01. The number of hydrogen-bond donors (Lipinski definition) is 1. The van der Waals surface area contributed by atoms with E-state index in [-0.39, 0.29) is 6.04 Å². The highest BCUT2D eigenvalue weighted by Crippen LogP contribution is 2.36. The summed E-state index contributed by atoms with van der Waals surface area (Å²) in [5.41, 5.74) is 6.99. The lowest BCUT2D eigenvalue weighted by Gasteiger charge is -2.17. The van der Waals surface area contributed by atoms with Crippen LogP contribution >= 0.6 is 11.5 Å². The number of nitrogens with two attached hydrogens (primary N) is 1. The predicted octanol–water partition coefficient (Wildman–Crippen LogP) is 1.60. The summed E-state index contributed by atoms with van der Waals surface area (Å²) in [5, 5.41) is 3.79. The summed E-state index contributed by atoms with van der Waals surface area (Å²) in [5.74, 6) is 1.40. The van der Waals surface area contributed by atoms with Crippen LogP contribution in [0, 0.1) is 0 Å². The van der Waals surface area contributed by atoms with Crippen molar-refractivity contribution in [1.82, 2.24) is 9.59 Å². The average molecular weight is 251 g/mol. The molecule has 1 unspecified atom stereocenters. The van der Waals surface area contributed by atoms with Crippen LogP contribution in [0.25, 0.3) is 0 Å². The molecule has 6 heteroatoms. The van der Waals surface area contributed by atoms with Gasteiger partial charge in [0.25, 0.3) is 0 Å². The second kappa shape index (κ2) is 5.11. The van der Waals surface area contributed by atoms with Gasteiger partial charge in [0, 0.05) is 0 Å². The van der Waals surface area contributed by atoms with E-state index in [9.17, 15) is 0 Å². The third-order valence-electron chi connectivity index (χ3n) is 2.46. The molecule has 0 spiro atoms. The maximum absolute atomic E-state index is 6.18. The summed E-state index contributed by atoms with van der Waals surface area (Å²) in [6.45, 7) is 0. The van der Waals surface area contributed by atoms with Crippen molar-refractivity contribution in [2.45, 2.75) is 6.04 Å². The number of hydrogen-bond acceptors (Lipinski definition) is 6. The molecular weight excluding hydrogens is 238 g/mol. The Bertz CT molecular complexity index is 465. The first-order chi connectivity index (χ1) is 8.27. The summed E-state index contributed by atoms with van der Waals surface area (Å²) in [4.78, 5) is 0.868. The monoisotopic (exact) mass is 251 g/mol. The molecule has 1 atom stereocenters. The van der Waals surface area contributed by atoms with E-state index in [1.807, 2.05) is 18.2 Å². The van der Waals surface area contributed by atoms with Crippen molar-refractivity contribution >= 4 is 11.5 Å². The van der Waals surface area contributed by atoms with Gasteiger partial charge in [0.15, 0.2) is 0 Å². The SMILES string of the molecule is COc1cccc(OC)c1C(N)c1cnns1. The highest BCUT2D eigenvalue weighted by molar-refractivity contribution is 7.05. The molecule has 2 aromatic rings. The van der Waals surface area contributed by atoms with Gasteiger partial charge in [-0.05, 0) is 23.7 Å². The number of rotatable bonds is 4. The lowest BCUT2D eigenvalue weighted by molar-refractivity contribution is 0.382. The Labute approximate surface area is 103 Å². The number of aromatic nitrogens is 2. The molecule has 2 N–H and O–H groups in total. The van der Waals surface area contributed by atoms with Gasteiger partial charge in [-0.15, -0.1) is 5.10 Å². The van der Waals surface area contributed by atoms with E-state index in [1.54, 1.807) is 20.4 Å².